The van der Waals surface area contributed by atoms with Gasteiger partial charge in [0.25, 0.3) is 5.91 Å². The van der Waals surface area contributed by atoms with E-state index in [4.69, 9.17) is 14.2 Å². The van der Waals surface area contributed by atoms with Gasteiger partial charge in [-0.05, 0) is 35.9 Å². The van der Waals surface area contributed by atoms with Crippen molar-refractivity contribution in [3.05, 3.63) is 72.1 Å². The van der Waals surface area contributed by atoms with Crippen LogP contribution in [-0.4, -0.2) is 38.2 Å². The van der Waals surface area contributed by atoms with E-state index in [-0.39, 0.29) is 17.6 Å². The van der Waals surface area contributed by atoms with Gasteiger partial charge in [-0.1, -0.05) is 12.1 Å². The Bertz CT molecular complexity index is 1090. The number of pyridine rings is 1. The molecule has 32 heavy (non-hydrogen) atoms. The molecule has 166 valence electrons. The van der Waals surface area contributed by atoms with Gasteiger partial charge in [-0.15, -0.1) is 0 Å². The van der Waals surface area contributed by atoms with Crippen LogP contribution >= 0.6 is 0 Å². The predicted octanol–water partition coefficient (Wildman–Crippen LogP) is 3.57. The summed E-state index contributed by atoms with van der Waals surface area (Å²) in [5, 5.41) is 8.06. The summed E-state index contributed by atoms with van der Waals surface area (Å²) in [7, 11) is 4.62. The molecule has 0 radical (unpaired) electrons. The minimum atomic E-state index is -0.379. The highest BCUT2D eigenvalue weighted by atomic mass is 16.5. The van der Waals surface area contributed by atoms with Crippen molar-refractivity contribution in [2.24, 2.45) is 0 Å². The molecule has 3 N–H and O–H groups in total. The SMILES string of the molecule is CNC(=O)c1cc(Oc2ccc(CNC(=O)Nc3cc(OC)ccc3OC)cc2)ccn1. The van der Waals surface area contributed by atoms with Gasteiger partial charge in [0.05, 0.1) is 19.9 Å². The van der Waals surface area contributed by atoms with Gasteiger partial charge in [0.1, 0.15) is 28.7 Å². The molecule has 3 amide bonds. The number of benzene rings is 2. The maximum Gasteiger partial charge on any atom is 0.319 e. The van der Waals surface area contributed by atoms with Gasteiger partial charge < -0.3 is 30.2 Å². The molecule has 0 aliphatic carbocycles. The standard InChI is InChI=1S/C23H24N4O5/c1-24-22(28)20-13-18(10-11-25-20)32-16-6-4-15(5-7-16)14-26-23(29)27-19-12-17(30-2)8-9-21(19)31-3/h4-13H,14H2,1-3H3,(H,24,28)(H2,26,27,29). The molecular formula is C23H24N4O5. The van der Waals surface area contributed by atoms with Crippen LogP contribution in [0.5, 0.6) is 23.0 Å². The Labute approximate surface area is 185 Å². The number of hydrogen-bond acceptors (Lipinski definition) is 6. The first kappa shape index (κ1) is 22.4. The van der Waals surface area contributed by atoms with Crippen molar-refractivity contribution in [2.45, 2.75) is 6.54 Å². The summed E-state index contributed by atoms with van der Waals surface area (Å²) < 4.78 is 16.2. The molecule has 0 saturated carbocycles. The van der Waals surface area contributed by atoms with E-state index in [2.05, 4.69) is 20.9 Å². The van der Waals surface area contributed by atoms with E-state index in [0.717, 1.165) is 5.56 Å². The number of ether oxygens (including phenoxy) is 3. The second kappa shape index (κ2) is 10.7. The molecule has 1 aromatic heterocycles. The molecule has 9 nitrogen and oxygen atoms in total. The number of carbonyl (C=O) groups excluding carboxylic acids is 2. The molecule has 1 heterocycles. The Morgan fingerprint density at radius 2 is 1.66 bits per heavy atom. The highest BCUT2D eigenvalue weighted by Crippen LogP contribution is 2.28. The third kappa shape index (κ3) is 5.88. The summed E-state index contributed by atoms with van der Waals surface area (Å²) in [6.07, 6.45) is 1.51. The lowest BCUT2D eigenvalue weighted by Crippen LogP contribution is -2.28. The number of hydrogen-bond donors (Lipinski definition) is 3. The smallest absolute Gasteiger partial charge is 0.319 e. The van der Waals surface area contributed by atoms with E-state index in [1.165, 1.54) is 20.4 Å². The second-order valence-electron chi connectivity index (χ2n) is 6.58. The fourth-order valence-corrected chi connectivity index (χ4v) is 2.80. The molecule has 2 aromatic carbocycles. The minimum absolute atomic E-state index is 0.268. The first-order valence-corrected chi connectivity index (χ1v) is 9.74. The fourth-order valence-electron chi connectivity index (χ4n) is 2.80. The average molecular weight is 436 g/mol. The average Bonchev–Trinajstić information content (AvgIpc) is 2.83. The molecule has 0 aliphatic heterocycles. The Hall–Kier alpha value is -4.27. The Balaban J connectivity index is 1.56. The largest absolute Gasteiger partial charge is 0.497 e. The zero-order valence-electron chi connectivity index (χ0n) is 18.0. The Kier molecular flexibility index (Phi) is 7.47. The highest BCUT2D eigenvalue weighted by Gasteiger charge is 2.10. The lowest BCUT2D eigenvalue weighted by Gasteiger charge is -2.13. The van der Waals surface area contributed by atoms with Crippen LogP contribution in [0.15, 0.2) is 60.8 Å². The summed E-state index contributed by atoms with van der Waals surface area (Å²) in [4.78, 5) is 28.0. The van der Waals surface area contributed by atoms with Crippen molar-refractivity contribution in [2.75, 3.05) is 26.6 Å². The van der Waals surface area contributed by atoms with Crippen molar-refractivity contribution in [3.63, 3.8) is 0 Å². The van der Waals surface area contributed by atoms with Crippen molar-refractivity contribution in [3.8, 4) is 23.0 Å². The topological polar surface area (TPSA) is 111 Å². The van der Waals surface area contributed by atoms with Gasteiger partial charge in [0.2, 0.25) is 0 Å². The lowest BCUT2D eigenvalue weighted by atomic mass is 10.2. The van der Waals surface area contributed by atoms with E-state index in [0.29, 0.717) is 35.2 Å². The molecule has 3 aromatic rings. The number of anilines is 1. The van der Waals surface area contributed by atoms with Gasteiger partial charge in [-0.3, -0.25) is 9.78 Å². The van der Waals surface area contributed by atoms with E-state index in [1.807, 2.05) is 12.1 Å². The van der Waals surface area contributed by atoms with Crippen LogP contribution in [0, 0.1) is 0 Å². The van der Waals surface area contributed by atoms with Crippen LogP contribution < -0.4 is 30.2 Å². The third-order valence-electron chi connectivity index (χ3n) is 4.46. The van der Waals surface area contributed by atoms with Gasteiger partial charge >= 0.3 is 6.03 Å². The van der Waals surface area contributed by atoms with Crippen molar-refractivity contribution < 1.29 is 23.8 Å². The summed E-state index contributed by atoms with van der Waals surface area (Å²) in [6.45, 7) is 0.314. The first-order chi connectivity index (χ1) is 15.5. The molecule has 9 heteroatoms. The van der Waals surface area contributed by atoms with Crippen LogP contribution in [0.2, 0.25) is 0 Å². The number of nitrogens with one attached hydrogen (secondary N) is 3. The number of rotatable bonds is 8. The van der Waals surface area contributed by atoms with Gasteiger partial charge in [-0.25, -0.2) is 4.79 Å². The number of carbonyl (C=O) groups is 2. The van der Waals surface area contributed by atoms with Gasteiger partial charge in [-0.2, -0.15) is 0 Å². The number of urea groups is 1. The minimum Gasteiger partial charge on any atom is -0.497 e. The van der Waals surface area contributed by atoms with E-state index in [1.54, 1.807) is 49.6 Å². The molecule has 0 saturated heterocycles. The molecule has 0 unspecified atom stereocenters. The highest BCUT2D eigenvalue weighted by molar-refractivity contribution is 5.92. The number of nitrogens with zero attached hydrogens (tertiary/aromatic N) is 1. The summed E-state index contributed by atoms with van der Waals surface area (Å²) in [5.74, 6) is 1.93. The molecule has 0 fully saturated rings. The molecule has 3 rings (SSSR count). The van der Waals surface area contributed by atoms with Crippen molar-refractivity contribution in [1.82, 2.24) is 15.6 Å². The summed E-state index contributed by atoms with van der Waals surface area (Å²) in [6, 6.07) is 15.2. The normalized spacial score (nSPS) is 10.1. The molecule has 0 bridgehead atoms. The first-order valence-electron chi connectivity index (χ1n) is 9.74. The third-order valence-corrected chi connectivity index (χ3v) is 4.46. The van der Waals surface area contributed by atoms with E-state index < -0.39 is 0 Å². The maximum absolute atomic E-state index is 12.3. The zero-order valence-corrected chi connectivity index (χ0v) is 18.0. The fraction of sp³-hybridized carbons (Fsp3) is 0.174. The van der Waals surface area contributed by atoms with Gasteiger partial charge in [0, 0.05) is 31.9 Å². The zero-order chi connectivity index (χ0) is 22.9. The quantitative estimate of drug-likeness (QED) is 0.498. The van der Waals surface area contributed by atoms with E-state index in [9.17, 15) is 9.59 Å². The lowest BCUT2D eigenvalue weighted by molar-refractivity contribution is 0.0958. The van der Waals surface area contributed by atoms with Crippen LogP contribution in [0.3, 0.4) is 0 Å². The number of aromatic nitrogens is 1. The van der Waals surface area contributed by atoms with Crippen LogP contribution in [0.1, 0.15) is 16.1 Å². The van der Waals surface area contributed by atoms with Crippen molar-refractivity contribution >= 4 is 17.6 Å². The van der Waals surface area contributed by atoms with E-state index >= 15 is 0 Å². The van der Waals surface area contributed by atoms with Crippen LogP contribution in [0.25, 0.3) is 0 Å². The Morgan fingerprint density at radius 1 is 0.906 bits per heavy atom. The summed E-state index contributed by atoms with van der Waals surface area (Å²) >= 11 is 0. The monoisotopic (exact) mass is 436 g/mol. The second-order valence-corrected chi connectivity index (χ2v) is 6.58. The Morgan fingerprint density at radius 3 is 2.34 bits per heavy atom. The molecule has 0 spiro atoms. The maximum atomic E-state index is 12.3. The van der Waals surface area contributed by atoms with Crippen LogP contribution in [0.4, 0.5) is 10.5 Å². The van der Waals surface area contributed by atoms with Crippen molar-refractivity contribution in [1.29, 1.82) is 0 Å². The summed E-state index contributed by atoms with van der Waals surface area (Å²) in [5.41, 5.74) is 1.65. The number of amides is 3. The van der Waals surface area contributed by atoms with Crippen LogP contribution in [-0.2, 0) is 6.54 Å². The van der Waals surface area contributed by atoms with Gasteiger partial charge in [0.15, 0.2) is 0 Å². The molecular weight excluding hydrogens is 412 g/mol. The number of methoxy groups -OCH3 is 2. The predicted molar refractivity (Wildman–Crippen MR) is 120 cm³/mol. The molecule has 0 atom stereocenters. The molecule has 0 aliphatic rings.